The van der Waals surface area contributed by atoms with Gasteiger partial charge in [-0.05, 0) is 29.8 Å². The van der Waals surface area contributed by atoms with Gasteiger partial charge in [0.1, 0.15) is 6.04 Å². The van der Waals surface area contributed by atoms with E-state index in [1.807, 2.05) is 30.3 Å². The van der Waals surface area contributed by atoms with Crippen LogP contribution in [0.2, 0.25) is 0 Å². The highest BCUT2D eigenvalue weighted by molar-refractivity contribution is 5.98. The van der Waals surface area contributed by atoms with Gasteiger partial charge in [0.15, 0.2) is 0 Å². The van der Waals surface area contributed by atoms with Crippen LogP contribution in [0.25, 0.3) is 0 Å². The van der Waals surface area contributed by atoms with Crippen molar-refractivity contribution in [2.75, 3.05) is 5.32 Å². The lowest BCUT2D eigenvalue weighted by atomic mass is 10.0. The molecule has 0 aliphatic rings. The smallest absolute Gasteiger partial charge is 0.251 e. The molecule has 0 radical (unpaired) electrons. The first-order valence-electron chi connectivity index (χ1n) is 7.47. The van der Waals surface area contributed by atoms with Gasteiger partial charge in [-0.2, -0.15) is 0 Å². The fourth-order valence-electron chi connectivity index (χ4n) is 2.22. The van der Waals surface area contributed by atoms with E-state index < -0.39 is 17.9 Å². The van der Waals surface area contributed by atoms with E-state index in [4.69, 9.17) is 5.73 Å². The first-order chi connectivity index (χ1) is 11.5. The second kappa shape index (κ2) is 7.92. The van der Waals surface area contributed by atoms with Crippen molar-refractivity contribution in [2.45, 2.75) is 19.4 Å². The van der Waals surface area contributed by atoms with Gasteiger partial charge in [0.25, 0.3) is 5.91 Å². The Kier molecular flexibility index (Phi) is 5.68. The van der Waals surface area contributed by atoms with Crippen LogP contribution < -0.4 is 16.4 Å². The lowest BCUT2D eigenvalue weighted by Gasteiger charge is -2.16. The third-order valence-electron chi connectivity index (χ3n) is 3.40. The highest BCUT2D eigenvalue weighted by Crippen LogP contribution is 2.10. The van der Waals surface area contributed by atoms with Crippen molar-refractivity contribution in [1.29, 1.82) is 0 Å². The molecule has 0 bridgehead atoms. The number of hydrogen-bond donors (Lipinski definition) is 3. The Hall–Kier alpha value is -3.15. The topological polar surface area (TPSA) is 101 Å². The van der Waals surface area contributed by atoms with E-state index in [2.05, 4.69) is 10.6 Å². The van der Waals surface area contributed by atoms with Gasteiger partial charge in [-0.1, -0.05) is 30.3 Å². The molecule has 2 aromatic carbocycles. The molecule has 0 fully saturated rings. The zero-order valence-electron chi connectivity index (χ0n) is 13.3. The normalized spacial score (nSPS) is 11.4. The monoisotopic (exact) mass is 325 g/mol. The molecule has 2 rings (SSSR count). The maximum atomic E-state index is 12.3. The van der Waals surface area contributed by atoms with E-state index >= 15 is 0 Å². The summed E-state index contributed by atoms with van der Waals surface area (Å²) in [7, 11) is 0. The molecule has 24 heavy (non-hydrogen) atoms. The van der Waals surface area contributed by atoms with Gasteiger partial charge in [-0.3, -0.25) is 14.4 Å². The van der Waals surface area contributed by atoms with E-state index in [9.17, 15) is 14.4 Å². The molecule has 6 nitrogen and oxygen atoms in total. The van der Waals surface area contributed by atoms with Crippen LogP contribution in [0.4, 0.5) is 5.69 Å². The number of amides is 3. The average Bonchev–Trinajstić information content (AvgIpc) is 2.55. The van der Waals surface area contributed by atoms with Crippen molar-refractivity contribution in [3.63, 3.8) is 0 Å². The maximum Gasteiger partial charge on any atom is 0.251 e. The number of rotatable bonds is 6. The zero-order chi connectivity index (χ0) is 17.5. The van der Waals surface area contributed by atoms with Crippen LogP contribution in [0.15, 0.2) is 54.6 Å². The van der Waals surface area contributed by atoms with Crippen molar-refractivity contribution in [1.82, 2.24) is 5.32 Å². The van der Waals surface area contributed by atoms with Gasteiger partial charge in [-0.25, -0.2) is 0 Å². The summed E-state index contributed by atoms with van der Waals surface area (Å²) < 4.78 is 0. The fraction of sp³-hybridized carbons (Fsp3) is 0.167. The van der Waals surface area contributed by atoms with Crippen LogP contribution >= 0.6 is 0 Å². The van der Waals surface area contributed by atoms with Crippen LogP contribution in [0.1, 0.15) is 22.8 Å². The second-order valence-electron chi connectivity index (χ2n) is 5.38. The Morgan fingerprint density at radius 1 is 1.00 bits per heavy atom. The first kappa shape index (κ1) is 17.2. The quantitative estimate of drug-likeness (QED) is 0.749. The van der Waals surface area contributed by atoms with Gasteiger partial charge >= 0.3 is 0 Å². The number of primary amides is 1. The molecule has 0 unspecified atom stereocenters. The van der Waals surface area contributed by atoms with Crippen LogP contribution in [0, 0.1) is 0 Å². The van der Waals surface area contributed by atoms with Crippen LogP contribution in [0.5, 0.6) is 0 Å². The molecule has 0 aliphatic carbocycles. The van der Waals surface area contributed by atoms with Crippen molar-refractivity contribution < 1.29 is 14.4 Å². The van der Waals surface area contributed by atoms with Gasteiger partial charge < -0.3 is 16.4 Å². The molecule has 2 aromatic rings. The predicted molar refractivity (Wildman–Crippen MR) is 91.3 cm³/mol. The summed E-state index contributed by atoms with van der Waals surface area (Å²) in [6, 6.07) is 14.9. The summed E-state index contributed by atoms with van der Waals surface area (Å²) in [5.74, 6) is -1.19. The van der Waals surface area contributed by atoms with Gasteiger partial charge in [0.05, 0.1) is 0 Å². The first-order valence-corrected chi connectivity index (χ1v) is 7.47. The van der Waals surface area contributed by atoms with Crippen molar-refractivity contribution in [2.24, 2.45) is 5.73 Å². The molecule has 0 aromatic heterocycles. The zero-order valence-corrected chi connectivity index (χ0v) is 13.3. The molecule has 0 saturated carbocycles. The molecular formula is C18H19N3O3. The highest BCUT2D eigenvalue weighted by atomic mass is 16.2. The summed E-state index contributed by atoms with van der Waals surface area (Å²) in [6.45, 7) is 1.40. The number of carbonyl (C=O) groups is 3. The van der Waals surface area contributed by atoms with Crippen LogP contribution in [-0.4, -0.2) is 23.8 Å². The number of nitrogens with two attached hydrogens (primary N) is 1. The minimum Gasteiger partial charge on any atom is -0.368 e. The van der Waals surface area contributed by atoms with Gasteiger partial charge in [-0.15, -0.1) is 0 Å². The summed E-state index contributed by atoms with van der Waals surface area (Å²) in [5.41, 5.74) is 7.26. The number of hydrogen-bond acceptors (Lipinski definition) is 3. The summed E-state index contributed by atoms with van der Waals surface area (Å²) >= 11 is 0. The Morgan fingerprint density at radius 2 is 1.62 bits per heavy atom. The van der Waals surface area contributed by atoms with E-state index in [-0.39, 0.29) is 5.91 Å². The molecule has 0 aliphatic heterocycles. The number of nitrogens with one attached hydrogen (secondary N) is 2. The largest absolute Gasteiger partial charge is 0.368 e. The third-order valence-corrected chi connectivity index (χ3v) is 3.40. The summed E-state index contributed by atoms with van der Waals surface area (Å²) in [4.78, 5) is 34.9. The van der Waals surface area contributed by atoms with Gasteiger partial charge in [0.2, 0.25) is 11.8 Å². The third kappa shape index (κ3) is 4.95. The highest BCUT2D eigenvalue weighted by Gasteiger charge is 2.19. The van der Waals surface area contributed by atoms with Gasteiger partial charge in [0, 0.05) is 24.6 Å². The van der Waals surface area contributed by atoms with Crippen molar-refractivity contribution in [3.05, 3.63) is 65.7 Å². The van der Waals surface area contributed by atoms with E-state index in [1.54, 1.807) is 24.3 Å². The molecule has 6 heteroatoms. The molecule has 1 atom stereocenters. The van der Waals surface area contributed by atoms with E-state index in [1.165, 1.54) is 6.92 Å². The summed E-state index contributed by atoms with van der Waals surface area (Å²) in [5, 5.41) is 5.26. The van der Waals surface area contributed by atoms with Crippen molar-refractivity contribution in [3.8, 4) is 0 Å². The minimum absolute atomic E-state index is 0.191. The Balaban J connectivity index is 2.05. The number of carbonyl (C=O) groups excluding carboxylic acids is 3. The van der Waals surface area contributed by atoms with Crippen molar-refractivity contribution >= 4 is 23.4 Å². The van der Waals surface area contributed by atoms with Crippen LogP contribution in [-0.2, 0) is 16.0 Å². The number of benzene rings is 2. The SMILES string of the molecule is CC(=O)Nc1ccc(C(=O)N[C@H](Cc2ccccc2)C(N)=O)cc1. The lowest BCUT2D eigenvalue weighted by molar-refractivity contribution is -0.119. The minimum atomic E-state index is -0.796. The maximum absolute atomic E-state index is 12.3. The Bertz CT molecular complexity index is 727. The lowest BCUT2D eigenvalue weighted by Crippen LogP contribution is -2.45. The molecule has 0 spiro atoms. The molecular weight excluding hydrogens is 306 g/mol. The van der Waals surface area contributed by atoms with Crippen LogP contribution in [0.3, 0.4) is 0 Å². The number of anilines is 1. The molecule has 4 N–H and O–H groups in total. The summed E-state index contributed by atoms with van der Waals surface area (Å²) in [6.07, 6.45) is 0.325. The Labute approximate surface area is 140 Å². The molecule has 124 valence electrons. The average molecular weight is 325 g/mol. The second-order valence-corrected chi connectivity index (χ2v) is 5.38. The van der Waals surface area contributed by atoms with E-state index in [0.29, 0.717) is 17.7 Å². The molecule has 0 heterocycles. The molecule has 3 amide bonds. The molecule has 0 saturated heterocycles. The standard InChI is InChI=1S/C18H19N3O3/c1-12(22)20-15-9-7-14(8-10-15)18(24)21-16(17(19)23)11-13-5-3-2-4-6-13/h2-10,16H,11H2,1H3,(H2,19,23)(H,20,22)(H,21,24)/t16-/m1/s1. The van der Waals surface area contributed by atoms with E-state index in [0.717, 1.165) is 5.56 Å². The Morgan fingerprint density at radius 3 is 2.17 bits per heavy atom. The fourth-order valence-corrected chi connectivity index (χ4v) is 2.22. The predicted octanol–water partition coefficient (Wildman–Crippen LogP) is 1.47.